The van der Waals surface area contributed by atoms with E-state index in [4.69, 9.17) is 5.11 Å². The summed E-state index contributed by atoms with van der Waals surface area (Å²) in [5.74, 6) is -0.530. The number of urea groups is 1. The molecule has 0 spiro atoms. The second kappa shape index (κ2) is 9.11. The van der Waals surface area contributed by atoms with Gasteiger partial charge in [-0.05, 0) is 50.9 Å². The summed E-state index contributed by atoms with van der Waals surface area (Å²) in [6.45, 7) is 0.0885. The molecule has 23 heavy (non-hydrogen) atoms. The molecular formula is C17H30N2O4. The van der Waals surface area contributed by atoms with E-state index in [0.29, 0.717) is 25.2 Å². The van der Waals surface area contributed by atoms with Crippen LogP contribution in [0, 0.1) is 11.8 Å². The standard InChI is InChI=1S/C17H30N2O4/c20-11-10-15(12-4-2-1-3-5-12)19-17(23)18-14-8-6-13(7-9-14)16(21)22/h12-15,20H,1-11H2,(H,21,22)(H2,18,19,23). The molecule has 1 unspecified atom stereocenters. The van der Waals surface area contributed by atoms with Crippen molar-refractivity contribution in [1.29, 1.82) is 0 Å². The van der Waals surface area contributed by atoms with Crippen LogP contribution in [0.1, 0.15) is 64.2 Å². The maximum atomic E-state index is 12.2. The number of carboxylic acids is 1. The van der Waals surface area contributed by atoms with E-state index in [9.17, 15) is 14.7 Å². The fraction of sp³-hybridized carbons (Fsp3) is 0.882. The predicted octanol–water partition coefficient (Wildman–Crippen LogP) is 2.26. The minimum absolute atomic E-state index is 0.0376. The zero-order valence-electron chi connectivity index (χ0n) is 13.8. The van der Waals surface area contributed by atoms with Crippen molar-refractivity contribution < 1.29 is 19.8 Å². The third kappa shape index (κ3) is 5.68. The van der Waals surface area contributed by atoms with Crippen LogP contribution < -0.4 is 10.6 Å². The van der Waals surface area contributed by atoms with Gasteiger partial charge in [0, 0.05) is 18.7 Å². The van der Waals surface area contributed by atoms with E-state index in [-0.39, 0.29) is 30.6 Å². The van der Waals surface area contributed by atoms with E-state index in [1.807, 2.05) is 0 Å². The Kier molecular flexibility index (Phi) is 7.15. The molecule has 2 fully saturated rings. The van der Waals surface area contributed by atoms with Gasteiger partial charge in [0.25, 0.3) is 0 Å². The number of hydrogen-bond donors (Lipinski definition) is 4. The van der Waals surface area contributed by atoms with Crippen molar-refractivity contribution in [3.8, 4) is 0 Å². The first kappa shape index (κ1) is 18.0. The zero-order valence-corrected chi connectivity index (χ0v) is 13.8. The second-order valence-corrected chi connectivity index (χ2v) is 7.02. The first-order valence-corrected chi connectivity index (χ1v) is 9.01. The summed E-state index contributed by atoms with van der Waals surface area (Å²) in [5, 5.41) is 24.3. The highest BCUT2D eigenvalue weighted by Crippen LogP contribution is 2.28. The van der Waals surface area contributed by atoms with Crippen molar-refractivity contribution in [2.75, 3.05) is 6.61 Å². The van der Waals surface area contributed by atoms with Gasteiger partial charge in [0.05, 0.1) is 5.92 Å². The van der Waals surface area contributed by atoms with E-state index < -0.39 is 5.97 Å². The molecule has 0 saturated heterocycles. The highest BCUT2D eigenvalue weighted by atomic mass is 16.4. The third-order valence-corrected chi connectivity index (χ3v) is 5.39. The van der Waals surface area contributed by atoms with Gasteiger partial charge in [0.1, 0.15) is 0 Å². The fourth-order valence-corrected chi connectivity index (χ4v) is 3.98. The van der Waals surface area contributed by atoms with Crippen molar-refractivity contribution in [3.63, 3.8) is 0 Å². The molecule has 6 heteroatoms. The van der Waals surface area contributed by atoms with E-state index in [2.05, 4.69) is 10.6 Å². The fourth-order valence-electron chi connectivity index (χ4n) is 3.98. The van der Waals surface area contributed by atoms with Gasteiger partial charge in [0.2, 0.25) is 0 Å². The number of rotatable bonds is 6. The van der Waals surface area contributed by atoms with Crippen LogP contribution in [0.2, 0.25) is 0 Å². The quantitative estimate of drug-likeness (QED) is 0.602. The number of aliphatic carboxylic acids is 1. The summed E-state index contributed by atoms with van der Waals surface area (Å²) in [4.78, 5) is 23.2. The lowest BCUT2D eigenvalue weighted by atomic mass is 9.83. The molecule has 0 aromatic rings. The third-order valence-electron chi connectivity index (χ3n) is 5.39. The van der Waals surface area contributed by atoms with Crippen LogP contribution in [-0.4, -0.2) is 40.9 Å². The van der Waals surface area contributed by atoms with Crippen molar-refractivity contribution in [1.82, 2.24) is 10.6 Å². The van der Waals surface area contributed by atoms with Crippen LogP contribution in [0.25, 0.3) is 0 Å². The van der Waals surface area contributed by atoms with Gasteiger partial charge in [-0.25, -0.2) is 4.79 Å². The summed E-state index contributed by atoms with van der Waals surface area (Å²) in [5.41, 5.74) is 0. The van der Waals surface area contributed by atoms with Crippen molar-refractivity contribution in [2.45, 2.75) is 76.3 Å². The number of aliphatic hydroxyl groups excluding tert-OH is 1. The second-order valence-electron chi connectivity index (χ2n) is 7.02. The van der Waals surface area contributed by atoms with Gasteiger partial charge >= 0.3 is 12.0 Å². The summed E-state index contributed by atoms with van der Waals surface area (Å²) < 4.78 is 0. The molecule has 0 aromatic carbocycles. The Hall–Kier alpha value is -1.30. The predicted molar refractivity (Wildman–Crippen MR) is 87.1 cm³/mol. The number of carboxylic acid groups (broad SMARTS) is 1. The molecule has 2 aliphatic carbocycles. The highest BCUT2D eigenvalue weighted by Gasteiger charge is 2.28. The Morgan fingerprint density at radius 3 is 2.22 bits per heavy atom. The van der Waals surface area contributed by atoms with Crippen LogP contribution in [0.5, 0.6) is 0 Å². The number of amides is 2. The van der Waals surface area contributed by atoms with Crippen LogP contribution in [0.4, 0.5) is 4.79 Å². The van der Waals surface area contributed by atoms with Crippen LogP contribution in [0.15, 0.2) is 0 Å². The first-order chi connectivity index (χ1) is 11.1. The van der Waals surface area contributed by atoms with Gasteiger partial charge < -0.3 is 20.8 Å². The molecule has 4 N–H and O–H groups in total. The molecule has 132 valence electrons. The van der Waals surface area contributed by atoms with Gasteiger partial charge in [0.15, 0.2) is 0 Å². The number of carbonyl (C=O) groups excluding carboxylic acids is 1. The maximum Gasteiger partial charge on any atom is 0.315 e. The Morgan fingerprint density at radius 2 is 1.65 bits per heavy atom. The molecule has 2 amide bonds. The number of hydrogen-bond acceptors (Lipinski definition) is 3. The van der Waals surface area contributed by atoms with E-state index >= 15 is 0 Å². The van der Waals surface area contributed by atoms with Crippen molar-refractivity contribution in [2.24, 2.45) is 11.8 Å². The van der Waals surface area contributed by atoms with Crippen molar-refractivity contribution >= 4 is 12.0 Å². The molecule has 2 saturated carbocycles. The Balaban J connectivity index is 1.76. The smallest absolute Gasteiger partial charge is 0.315 e. The highest BCUT2D eigenvalue weighted by molar-refractivity contribution is 5.74. The SMILES string of the molecule is O=C(NC1CCC(C(=O)O)CC1)NC(CCO)C1CCCCC1. The topological polar surface area (TPSA) is 98.7 Å². The Bertz CT molecular complexity index is 388. The average molecular weight is 326 g/mol. The van der Waals surface area contributed by atoms with Gasteiger partial charge in [-0.15, -0.1) is 0 Å². The van der Waals surface area contributed by atoms with Crippen molar-refractivity contribution in [3.05, 3.63) is 0 Å². The van der Waals surface area contributed by atoms with Crippen LogP contribution >= 0.6 is 0 Å². The molecule has 0 aromatic heterocycles. The molecule has 0 aliphatic heterocycles. The monoisotopic (exact) mass is 326 g/mol. The molecular weight excluding hydrogens is 296 g/mol. The molecule has 2 rings (SSSR count). The summed E-state index contributed by atoms with van der Waals surface area (Å²) in [6, 6.07) is -0.0739. The van der Waals surface area contributed by atoms with E-state index in [1.54, 1.807) is 0 Å². The van der Waals surface area contributed by atoms with Gasteiger partial charge in [-0.1, -0.05) is 19.3 Å². The molecule has 0 heterocycles. The summed E-state index contributed by atoms with van der Waals surface area (Å²) in [7, 11) is 0. The van der Waals surface area contributed by atoms with Crippen LogP contribution in [-0.2, 0) is 4.79 Å². The maximum absolute atomic E-state index is 12.2. The minimum atomic E-state index is -0.729. The normalized spacial score (nSPS) is 27.2. The molecule has 6 nitrogen and oxygen atoms in total. The zero-order chi connectivity index (χ0) is 16.7. The largest absolute Gasteiger partial charge is 0.481 e. The Labute approximate surface area is 138 Å². The molecule has 1 atom stereocenters. The lowest BCUT2D eigenvalue weighted by Crippen LogP contribution is -2.50. The number of carbonyl (C=O) groups is 2. The first-order valence-electron chi connectivity index (χ1n) is 9.01. The lowest BCUT2D eigenvalue weighted by molar-refractivity contribution is -0.142. The van der Waals surface area contributed by atoms with E-state index in [0.717, 1.165) is 25.7 Å². The minimum Gasteiger partial charge on any atom is -0.481 e. The summed E-state index contributed by atoms with van der Waals surface area (Å²) in [6.07, 6.45) is 9.21. The number of nitrogens with one attached hydrogen (secondary N) is 2. The average Bonchev–Trinajstić information content (AvgIpc) is 2.55. The van der Waals surface area contributed by atoms with Crippen LogP contribution in [0.3, 0.4) is 0 Å². The molecule has 0 bridgehead atoms. The lowest BCUT2D eigenvalue weighted by Gasteiger charge is -2.32. The number of aliphatic hydroxyl groups is 1. The molecule has 0 radical (unpaired) electrons. The molecule has 2 aliphatic rings. The summed E-state index contributed by atoms with van der Waals surface area (Å²) >= 11 is 0. The Morgan fingerprint density at radius 1 is 1.00 bits per heavy atom. The van der Waals surface area contributed by atoms with Gasteiger partial charge in [-0.3, -0.25) is 4.79 Å². The van der Waals surface area contributed by atoms with Gasteiger partial charge in [-0.2, -0.15) is 0 Å². The van der Waals surface area contributed by atoms with E-state index in [1.165, 1.54) is 19.3 Å².